The molecule has 1 fully saturated rings. The molecule has 1 unspecified atom stereocenters. The molecule has 0 aliphatic carbocycles. The maximum atomic E-state index is 11.9. The number of hydrogen-bond acceptors (Lipinski definition) is 4. The van der Waals surface area contributed by atoms with Gasteiger partial charge in [0.15, 0.2) is 9.84 Å². The summed E-state index contributed by atoms with van der Waals surface area (Å²) in [5, 5.41) is 3.24. The molecule has 1 aliphatic rings. The van der Waals surface area contributed by atoms with E-state index < -0.39 is 9.84 Å². The van der Waals surface area contributed by atoms with Gasteiger partial charge >= 0.3 is 0 Å². The molecule has 5 heteroatoms. The van der Waals surface area contributed by atoms with Crippen LogP contribution in [0.15, 0.2) is 0 Å². The normalized spacial score (nSPS) is 26.2. The van der Waals surface area contributed by atoms with Crippen LogP contribution in [0.25, 0.3) is 0 Å². The molecule has 1 aliphatic heterocycles. The largest absolute Gasteiger partial charge is 0.310 e. The topological polar surface area (TPSA) is 49.4 Å². The Morgan fingerprint density at radius 1 is 1.39 bits per heavy atom. The number of hydrogen-bond donors (Lipinski definition) is 1. The molecule has 0 aromatic heterocycles. The molecule has 1 atom stereocenters. The minimum Gasteiger partial charge on any atom is -0.310 e. The molecule has 0 saturated carbocycles. The second kappa shape index (κ2) is 5.88. The highest BCUT2D eigenvalue weighted by molar-refractivity contribution is 7.92. The highest BCUT2D eigenvalue weighted by Crippen LogP contribution is 2.16. The van der Waals surface area contributed by atoms with Gasteiger partial charge in [0.1, 0.15) is 0 Å². The van der Waals surface area contributed by atoms with Crippen molar-refractivity contribution in [3.8, 4) is 0 Å². The van der Waals surface area contributed by atoms with E-state index >= 15 is 0 Å². The van der Waals surface area contributed by atoms with Crippen molar-refractivity contribution in [3.05, 3.63) is 0 Å². The lowest BCUT2D eigenvalue weighted by Gasteiger charge is -2.33. The van der Waals surface area contributed by atoms with Gasteiger partial charge in [0, 0.05) is 24.7 Å². The van der Waals surface area contributed by atoms with Crippen molar-refractivity contribution in [2.45, 2.75) is 57.9 Å². The second-order valence-corrected chi connectivity index (χ2v) is 9.01. The molecule has 1 rings (SSSR count). The summed E-state index contributed by atoms with van der Waals surface area (Å²) < 4.78 is 23.8. The summed E-state index contributed by atoms with van der Waals surface area (Å²) in [6.45, 7) is 12.6. The standard InChI is InChI=1S/C13H28N2O2S/c1-11(2)18(16,17)9-8-15-10-13(4,5)14-7-6-12(15)3/h11-12,14H,6-10H2,1-5H3. The molecule has 18 heavy (non-hydrogen) atoms. The lowest BCUT2D eigenvalue weighted by molar-refractivity contribution is 0.191. The lowest BCUT2D eigenvalue weighted by Crippen LogP contribution is -2.48. The minimum absolute atomic E-state index is 0.0619. The zero-order valence-corrected chi connectivity index (χ0v) is 13.2. The van der Waals surface area contributed by atoms with Gasteiger partial charge in [-0.15, -0.1) is 0 Å². The predicted molar refractivity (Wildman–Crippen MR) is 76.7 cm³/mol. The summed E-state index contributed by atoms with van der Waals surface area (Å²) in [6.07, 6.45) is 1.07. The quantitative estimate of drug-likeness (QED) is 0.840. The summed E-state index contributed by atoms with van der Waals surface area (Å²) >= 11 is 0. The average molecular weight is 276 g/mol. The van der Waals surface area contributed by atoms with Gasteiger partial charge in [-0.05, 0) is 47.6 Å². The van der Waals surface area contributed by atoms with Gasteiger partial charge in [0.05, 0.1) is 11.0 Å². The van der Waals surface area contributed by atoms with Crippen LogP contribution in [0.5, 0.6) is 0 Å². The molecular formula is C13H28N2O2S. The fraction of sp³-hybridized carbons (Fsp3) is 1.00. The highest BCUT2D eigenvalue weighted by atomic mass is 32.2. The van der Waals surface area contributed by atoms with E-state index in [-0.39, 0.29) is 16.5 Å². The van der Waals surface area contributed by atoms with Crippen molar-refractivity contribution in [2.24, 2.45) is 0 Å². The van der Waals surface area contributed by atoms with Crippen molar-refractivity contribution >= 4 is 9.84 Å². The third kappa shape index (κ3) is 4.52. The third-order valence-electron chi connectivity index (χ3n) is 3.77. The molecule has 1 heterocycles. The van der Waals surface area contributed by atoms with E-state index in [4.69, 9.17) is 0 Å². The minimum atomic E-state index is -2.93. The van der Waals surface area contributed by atoms with Crippen LogP contribution in [-0.2, 0) is 9.84 Å². The first-order valence-corrected chi connectivity index (χ1v) is 8.56. The molecular weight excluding hydrogens is 248 g/mol. The van der Waals surface area contributed by atoms with Crippen LogP contribution in [0.1, 0.15) is 41.0 Å². The van der Waals surface area contributed by atoms with E-state index in [0.717, 1.165) is 19.5 Å². The predicted octanol–water partition coefficient (Wildman–Crippen LogP) is 1.27. The summed E-state index contributed by atoms with van der Waals surface area (Å²) in [6, 6.07) is 0.446. The summed E-state index contributed by atoms with van der Waals surface area (Å²) in [5.41, 5.74) is 0.0619. The van der Waals surface area contributed by atoms with Gasteiger partial charge in [-0.1, -0.05) is 0 Å². The van der Waals surface area contributed by atoms with Gasteiger partial charge in [-0.25, -0.2) is 8.42 Å². The summed E-state index contributed by atoms with van der Waals surface area (Å²) in [5.74, 6) is 0.269. The van der Waals surface area contributed by atoms with Crippen LogP contribution in [-0.4, -0.2) is 55.5 Å². The van der Waals surface area contributed by atoms with Crippen molar-refractivity contribution in [2.75, 3.05) is 25.4 Å². The zero-order chi connectivity index (χ0) is 14.0. The van der Waals surface area contributed by atoms with Crippen LogP contribution in [0.2, 0.25) is 0 Å². The highest BCUT2D eigenvalue weighted by Gasteiger charge is 2.29. The van der Waals surface area contributed by atoms with E-state index in [1.165, 1.54) is 0 Å². The van der Waals surface area contributed by atoms with E-state index in [1.807, 2.05) is 0 Å². The Morgan fingerprint density at radius 2 is 2.00 bits per heavy atom. The molecule has 0 spiro atoms. The maximum Gasteiger partial charge on any atom is 0.153 e. The number of nitrogens with zero attached hydrogens (tertiary/aromatic N) is 1. The number of nitrogens with one attached hydrogen (secondary N) is 1. The van der Waals surface area contributed by atoms with Gasteiger partial charge in [0.2, 0.25) is 0 Å². The molecule has 0 aromatic carbocycles. The lowest BCUT2D eigenvalue weighted by atomic mass is 10.1. The number of rotatable bonds is 4. The van der Waals surface area contributed by atoms with E-state index in [0.29, 0.717) is 12.6 Å². The van der Waals surface area contributed by atoms with Crippen molar-refractivity contribution in [1.82, 2.24) is 10.2 Å². The van der Waals surface area contributed by atoms with Crippen LogP contribution in [0.4, 0.5) is 0 Å². The smallest absolute Gasteiger partial charge is 0.153 e. The van der Waals surface area contributed by atoms with Crippen LogP contribution in [0.3, 0.4) is 0 Å². The van der Waals surface area contributed by atoms with Crippen LogP contribution in [0, 0.1) is 0 Å². The molecule has 0 radical (unpaired) electrons. The van der Waals surface area contributed by atoms with Crippen LogP contribution >= 0.6 is 0 Å². The SMILES string of the molecule is CC1CCNC(C)(C)CN1CCS(=O)(=O)C(C)C. The van der Waals surface area contributed by atoms with E-state index in [2.05, 4.69) is 31.0 Å². The molecule has 108 valence electrons. The fourth-order valence-corrected chi connectivity index (χ4v) is 3.26. The Hall–Kier alpha value is -0.130. The second-order valence-electron chi connectivity index (χ2n) is 6.33. The first-order chi connectivity index (χ1) is 8.14. The average Bonchev–Trinajstić information content (AvgIpc) is 2.35. The molecule has 4 nitrogen and oxygen atoms in total. The van der Waals surface area contributed by atoms with Crippen molar-refractivity contribution < 1.29 is 8.42 Å². The first-order valence-electron chi connectivity index (χ1n) is 6.85. The van der Waals surface area contributed by atoms with Crippen molar-refractivity contribution in [3.63, 3.8) is 0 Å². The maximum absolute atomic E-state index is 11.9. The van der Waals surface area contributed by atoms with Gasteiger partial charge < -0.3 is 5.32 Å². The number of sulfone groups is 1. The van der Waals surface area contributed by atoms with Gasteiger partial charge in [-0.3, -0.25) is 4.90 Å². The van der Waals surface area contributed by atoms with E-state index in [9.17, 15) is 8.42 Å². The van der Waals surface area contributed by atoms with Crippen molar-refractivity contribution in [1.29, 1.82) is 0 Å². The van der Waals surface area contributed by atoms with E-state index in [1.54, 1.807) is 13.8 Å². The molecule has 0 amide bonds. The van der Waals surface area contributed by atoms with Gasteiger partial charge in [0.25, 0.3) is 0 Å². The fourth-order valence-electron chi connectivity index (χ4n) is 2.30. The summed E-state index contributed by atoms with van der Waals surface area (Å²) in [7, 11) is -2.93. The summed E-state index contributed by atoms with van der Waals surface area (Å²) in [4.78, 5) is 2.31. The van der Waals surface area contributed by atoms with Gasteiger partial charge in [-0.2, -0.15) is 0 Å². The molecule has 1 N–H and O–H groups in total. The Labute approximate surface area is 112 Å². The Bertz CT molecular complexity index is 363. The Morgan fingerprint density at radius 3 is 2.56 bits per heavy atom. The van der Waals surface area contributed by atoms with Crippen LogP contribution < -0.4 is 5.32 Å². The molecule has 1 saturated heterocycles. The molecule has 0 bridgehead atoms. The first kappa shape index (κ1) is 15.9. The Balaban J connectivity index is 2.64. The monoisotopic (exact) mass is 276 g/mol. The Kier molecular flexibility index (Phi) is 5.21. The molecule has 0 aromatic rings. The zero-order valence-electron chi connectivity index (χ0n) is 12.4. The third-order valence-corrected chi connectivity index (χ3v) is 5.96.